The molecule has 8 nitrogen and oxygen atoms in total. The summed E-state index contributed by atoms with van der Waals surface area (Å²) in [5.74, 6) is 0.531. The summed E-state index contributed by atoms with van der Waals surface area (Å²) in [6.07, 6.45) is 5.43. The molecule has 1 aliphatic heterocycles. The Morgan fingerprint density at radius 1 is 1.21 bits per heavy atom. The highest BCUT2D eigenvalue weighted by Gasteiger charge is 2.34. The average molecular weight is 345 g/mol. The molecule has 0 saturated carbocycles. The third-order valence-corrected chi connectivity index (χ3v) is 6.02. The van der Waals surface area contributed by atoms with Crippen LogP contribution in [-0.4, -0.2) is 45.7 Å². The van der Waals surface area contributed by atoms with Crippen molar-refractivity contribution >= 4 is 10.0 Å². The SMILES string of the molecule is O=S(=O)(c1ccc(-n2cccn2)cc1)N1CC[C@@H](c2ncon2)C1. The monoisotopic (exact) mass is 345 g/mol. The van der Waals surface area contributed by atoms with Crippen molar-refractivity contribution in [1.82, 2.24) is 24.2 Å². The Morgan fingerprint density at radius 3 is 2.71 bits per heavy atom. The fourth-order valence-corrected chi connectivity index (χ4v) is 4.36. The quantitative estimate of drug-likeness (QED) is 0.710. The molecular formula is C15H15N5O3S. The minimum atomic E-state index is -3.53. The van der Waals surface area contributed by atoms with Gasteiger partial charge in [-0.3, -0.25) is 0 Å². The van der Waals surface area contributed by atoms with E-state index in [1.165, 1.54) is 10.7 Å². The fourth-order valence-electron chi connectivity index (χ4n) is 2.86. The van der Waals surface area contributed by atoms with Crippen LogP contribution in [0.3, 0.4) is 0 Å². The fraction of sp³-hybridized carbons (Fsp3) is 0.267. The molecule has 0 spiro atoms. The lowest BCUT2D eigenvalue weighted by Gasteiger charge is -2.16. The number of aromatic nitrogens is 4. The number of hydrogen-bond acceptors (Lipinski definition) is 6. The number of sulfonamides is 1. The first-order chi connectivity index (χ1) is 11.6. The van der Waals surface area contributed by atoms with E-state index in [2.05, 4.69) is 15.2 Å². The molecule has 24 heavy (non-hydrogen) atoms. The second kappa shape index (κ2) is 5.84. The Labute approximate surface area is 138 Å². The molecule has 0 aliphatic carbocycles. The van der Waals surface area contributed by atoms with Gasteiger partial charge in [0, 0.05) is 31.4 Å². The predicted molar refractivity (Wildman–Crippen MR) is 84.0 cm³/mol. The largest absolute Gasteiger partial charge is 0.343 e. The van der Waals surface area contributed by atoms with Crippen LogP contribution in [0, 0.1) is 0 Å². The molecule has 9 heteroatoms. The highest BCUT2D eigenvalue weighted by molar-refractivity contribution is 7.89. The lowest BCUT2D eigenvalue weighted by Crippen LogP contribution is -2.28. The van der Waals surface area contributed by atoms with Crippen LogP contribution < -0.4 is 0 Å². The highest BCUT2D eigenvalue weighted by Crippen LogP contribution is 2.29. The maximum atomic E-state index is 12.8. The standard InChI is InChI=1S/C15H15N5O3S/c21-24(22,19-9-6-12(10-19)15-16-11-23-18-15)14-4-2-13(3-5-14)20-8-1-7-17-20/h1-5,7-8,11-12H,6,9-10H2/t12-/m1/s1. The lowest BCUT2D eigenvalue weighted by atomic mass is 10.1. The molecule has 1 atom stereocenters. The molecule has 2 aromatic heterocycles. The number of nitrogens with zero attached hydrogens (tertiary/aromatic N) is 5. The molecule has 0 bridgehead atoms. The third kappa shape index (κ3) is 2.61. The van der Waals surface area contributed by atoms with Gasteiger partial charge in [-0.2, -0.15) is 14.4 Å². The average Bonchev–Trinajstić information content (AvgIpc) is 3.36. The highest BCUT2D eigenvalue weighted by atomic mass is 32.2. The second-order valence-electron chi connectivity index (χ2n) is 5.58. The smallest absolute Gasteiger partial charge is 0.243 e. The van der Waals surface area contributed by atoms with Crippen molar-refractivity contribution in [2.45, 2.75) is 17.2 Å². The summed E-state index contributed by atoms with van der Waals surface area (Å²) >= 11 is 0. The Hall–Kier alpha value is -2.52. The van der Waals surface area contributed by atoms with Crippen molar-refractivity contribution in [3.63, 3.8) is 0 Å². The molecule has 124 valence electrons. The molecule has 3 heterocycles. The first-order valence-corrected chi connectivity index (χ1v) is 8.95. The normalized spacial score (nSPS) is 18.9. The number of rotatable bonds is 4. The van der Waals surface area contributed by atoms with Crippen molar-refractivity contribution in [3.05, 3.63) is 54.9 Å². The number of hydrogen-bond donors (Lipinski definition) is 0. The van der Waals surface area contributed by atoms with E-state index in [1.54, 1.807) is 41.3 Å². The summed E-state index contributed by atoms with van der Waals surface area (Å²) in [6.45, 7) is 0.811. The van der Waals surface area contributed by atoms with Gasteiger partial charge in [0.2, 0.25) is 16.4 Å². The number of benzene rings is 1. The van der Waals surface area contributed by atoms with Crippen LogP contribution in [0.1, 0.15) is 18.2 Å². The Morgan fingerprint density at radius 2 is 2.04 bits per heavy atom. The van der Waals surface area contributed by atoms with Crippen LogP contribution >= 0.6 is 0 Å². The minimum Gasteiger partial charge on any atom is -0.343 e. The summed E-state index contributed by atoms with van der Waals surface area (Å²) in [4.78, 5) is 4.29. The van der Waals surface area contributed by atoms with Gasteiger partial charge in [0.1, 0.15) is 0 Å². The van der Waals surface area contributed by atoms with E-state index in [4.69, 9.17) is 4.52 Å². The summed E-state index contributed by atoms with van der Waals surface area (Å²) in [5, 5.41) is 7.94. The van der Waals surface area contributed by atoms with Crippen LogP contribution in [-0.2, 0) is 10.0 Å². The van der Waals surface area contributed by atoms with Gasteiger partial charge < -0.3 is 4.52 Å². The molecule has 1 fully saturated rings. The van der Waals surface area contributed by atoms with Gasteiger partial charge in [-0.25, -0.2) is 13.1 Å². The summed E-state index contributed by atoms with van der Waals surface area (Å²) < 4.78 is 33.5. The first-order valence-electron chi connectivity index (χ1n) is 7.51. The molecule has 0 unspecified atom stereocenters. The van der Waals surface area contributed by atoms with Crippen LogP contribution in [0.2, 0.25) is 0 Å². The summed E-state index contributed by atoms with van der Waals surface area (Å²) in [6, 6.07) is 8.51. The predicted octanol–water partition coefficient (Wildman–Crippen LogP) is 1.43. The topological polar surface area (TPSA) is 94.1 Å². The Bertz CT molecular complexity index is 905. The van der Waals surface area contributed by atoms with Gasteiger partial charge in [0.05, 0.1) is 10.6 Å². The van der Waals surface area contributed by atoms with Gasteiger partial charge in [-0.05, 0) is 36.8 Å². The molecule has 0 N–H and O–H groups in total. The van der Waals surface area contributed by atoms with Crippen LogP contribution in [0.4, 0.5) is 0 Å². The van der Waals surface area contributed by atoms with E-state index >= 15 is 0 Å². The van der Waals surface area contributed by atoms with E-state index in [-0.39, 0.29) is 10.8 Å². The zero-order chi connectivity index (χ0) is 16.6. The molecule has 1 saturated heterocycles. The van der Waals surface area contributed by atoms with E-state index in [0.717, 1.165) is 5.69 Å². The molecule has 0 radical (unpaired) electrons. The van der Waals surface area contributed by atoms with Crippen LogP contribution in [0.15, 0.2) is 58.5 Å². The maximum absolute atomic E-state index is 12.8. The first kappa shape index (κ1) is 15.0. The summed E-state index contributed by atoms with van der Waals surface area (Å²) in [5.41, 5.74) is 0.810. The molecule has 4 rings (SSSR count). The van der Waals surface area contributed by atoms with E-state index in [1.807, 2.05) is 6.07 Å². The Kier molecular flexibility index (Phi) is 3.66. The van der Waals surface area contributed by atoms with Gasteiger partial charge in [0.25, 0.3) is 0 Å². The van der Waals surface area contributed by atoms with Crippen molar-refractivity contribution in [2.24, 2.45) is 0 Å². The van der Waals surface area contributed by atoms with Crippen LogP contribution in [0.5, 0.6) is 0 Å². The second-order valence-corrected chi connectivity index (χ2v) is 7.52. The van der Waals surface area contributed by atoms with Crippen LogP contribution in [0.25, 0.3) is 5.69 Å². The lowest BCUT2D eigenvalue weighted by molar-refractivity contribution is 0.403. The maximum Gasteiger partial charge on any atom is 0.243 e. The Balaban J connectivity index is 1.55. The minimum absolute atomic E-state index is 0.0260. The third-order valence-electron chi connectivity index (χ3n) is 4.14. The van der Waals surface area contributed by atoms with E-state index in [0.29, 0.717) is 25.3 Å². The molecule has 0 amide bonds. The van der Waals surface area contributed by atoms with E-state index < -0.39 is 10.0 Å². The van der Waals surface area contributed by atoms with Crippen molar-refractivity contribution in [2.75, 3.05) is 13.1 Å². The van der Waals surface area contributed by atoms with Gasteiger partial charge in [-0.15, -0.1) is 0 Å². The molecule has 1 aromatic carbocycles. The van der Waals surface area contributed by atoms with Gasteiger partial charge >= 0.3 is 0 Å². The molecule has 1 aliphatic rings. The van der Waals surface area contributed by atoms with Crippen molar-refractivity contribution in [3.8, 4) is 5.69 Å². The van der Waals surface area contributed by atoms with E-state index in [9.17, 15) is 8.42 Å². The molecule has 3 aromatic rings. The molecular weight excluding hydrogens is 330 g/mol. The zero-order valence-corrected chi connectivity index (χ0v) is 13.5. The zero-order valence-electron chi connectivity index (χ0n) is 12.7. The summed E-state index contributed by atoms with van der Waals surface area (Å²) in [7, 11) is -3.53. The van der Waals surface area contributed by atoms with Crippen molar-refractivity contribution in [1.29, 1.82) is 0 Å². The van der Waals surface area contributed by atoms with Crippen molar-refractivity contribution < 1.29 is 12.9 Å². The van der Waals surface area contributed by atoms with Gasteiger partial charge in [-0.1, -0.05) is 5.16 Å². The van der Waals surface area contributed by atoms with Gasteiger partial charge in [0.15, 0.2) is 5.82 Å².